The Morgan fingerprint density at radius 3 is 2.52 bits per heavy atom. The van der Waals surface area contributed by atoms with Crippen molar-refractivity contribution in [2.45, 2.75) is 89.8 Å². The van der Waals surface area contributed by atoms with Crippen LogP contribution in [0.25, 0.3) is 0 Å². The van der Waals surface area contributed by atoms with Gasteiger partial charge < -0.3 is 14.2 Å². The molecule has 0 aromatic carbocycles. The van der Waals surface area contributed by atoms with Crippen molar-refractivity contribution in [2.75, 3.05) is 12.4 Å². The lowest BCUT2D eigenvalue weighted by Gasteiger charge is -2.43. The molecule has 1 aliphatic rings. The maximum atomic E-state index is 10.7. The minimum absolute atomic E-state index is 0.219. The van der Waals surface area contributed by atoms with Gasteiger partial charge in [-0.15, -0.1) is 0 Å². The van der Waals surface area contributed by atoms with E-state index < -0.39 is 14.6 Å². The topological polar surface area (TPSA) is 65.7 Å². The molecule has 1 N–H and O–H groups in total. The maximum Gasteiger partial charge on any atom is 0.259 e. The molecule has 3 atom stereocenters. The molecule has 0 aromatic rings. The van der Waals surface area contributed by atoms with Gasteiger partial charge in [0.2, 0.25) is 0 Å². The van der Waals surface area contributed by atoms with Crippen molar-refractivity contribution in [3.63, 3.8) is 0 Å². The Balaban J connectivity index is 3.00. The van der Waals surface area contributed by atoms with Gasteiger partial charge in [0.1, 0.15) is 6.10 Å². The summed E-state index contributed by atoms with van der Waals surface area (Å²) in [6.45, 7) is 13.1. The standard InChI is InChI=1S/C17H33N2O3PS2/c1-13(2)19(14(3)4)23(21-11-8-10-18)22-16-15(20)9-7-12-24-25-17(16,5)6/h13-16,20H,7-9,11-12H2,1-6H3/t15-,16+,23?/m0/s1. The molecule has 0 spiro atoms. The molecule has 1 rings (SSSR count). The van der Waals surface area contributed by atoms with Gasteiger partial charge in [-0.25, -0.2) is 4.67 Å². The van der Waals surface area contributed by atoms with Crippen LogP contribution in [0, 0.1) is 11.3 Å². The average Bonchev–Trinajstić information content (AvgIpc) is 2.49. The summed E-state index contributed by atoms with van der Waals surface area (Å²) in [5, 5.41) is 19.6. The van der Waals surface area contributed by atoms with Crippen LogP contribution in [0.4, 0.5) is 0 Å². The van der Waals surface area contributed by atoms with Crippen LogP contribution < -0.4 is 0 Å². The van der Waals surface area contributed by atoms with Gasteiger partial charge in [-0.1, -0.05) is 21.6 Å². The van der Waals surface area contributed by atoms with Crippen molar-refractivity contribution in [3.8, 4) is 6.07 Å². The lowest BCUT2D eigenvalue weighted by Crippen LogP contribution is -2.46. The largest absolute Gasteiger partial charge is 0.390 e. The van der Waals surface area contributed by atoms with Crippen LogP contribution in [0.5, 0.6) is 0 Å². The summed E-state index contributed by atoms with van der Waals surface area (Å²) in [6, 6.07) is 2.63. The van der Waals surface area contributed by atoms with E-state index in [-0.39, 0.29) is 22.9 Å². The third-order valence-corrected chi connectivity index (χ3v) is 9.39. The van der Waals surface area contributed by atoms with Gasteiger partial charge in [-0.2, -0.15) is 5.26 Å². The molecule has 146 valence electrons. The highest BCUT2D eigenvalue weighted by Crippen LogP contribution is 2.52. The van der Waals surface area contributed by atoms with Gasteiger partial charge in [0, 0.05) is 22.6 Å². The van der Waals surface area contributed by atoms with Crippen LogP contribution >= 0.6 is 30.1 Å². The molecule has 5 nitrogen and oxygen atoms in total. The highest BCUT2D eigenvalue weighted by atomic mass is 33.1. The monoisotopic (exact) mass is 408 g/mol. The summed E-state index contributed by atoms with van der Waals surface area (Å²) >= 11 is 0. The molecule has 0 saturated carbocycles. The van der Waals surface area contributed by atoms with Crippen LogP contribution in [-0.4, -0.2) is 51.2 Å². The number of nitrogens with zero attached hydrogens (tertiary/aromatic N) is 2. The van der Waals surface area contributed by atoms with E-state index in [1.54, 1.807) is 10.8 Å². The number of hydrogen-bond acceptors (Lipinski definition) is 7. The van der Waals surface area contributed by atoms with Gasteiger partial charge in [-0.05, 0) is 54.4 Å². The van der Waals surface area contributed by atoms with E-state index in [1.807, 2.05) is 10.8 Å². The molecule has 1 heterocycles. The zero-order valence-electron chi connectivity index (χ0n) is 16.3. The molecule has 1 saturated heterocycles. The molecule has 0 radical (unpaired) electrons. The van der Waals surface area contributed by atoms with Crippen molar-refractivity contribution in [1.29, 1.82) is 5.26 Å². The predicted octanol–water partition coefficient (Wildman–Crippen LogP) is 4.96. The maximum absolute atomic E-state index is 10.7. The van der Waals surface area contributed by atoms with Crippen molar-refractivity contribution < 1.29 is 14.2 Å². The molecular formula is C17H33N2O3PS2. The minimum Gasteiger partial charge on any atom is -0.390 e. The van der Waals surface area contributed by atoms with Crippen molar-refractivity contribution in [2.24, 2.45) is 0 Å². The van der Waals surface area contributed by atoms with E-state index in [2.05, 4.69) is 52.3 Å². The third kappa shape index (κ3) is 7.54. The number of aliphatic hydroxyl groups excluding tert-OH is 1. The first kappa shape index (κ1) is 23.5. The molecule has 0 amide bonds. The second-order valence-electron chi connectivity index (χ2n) is 7.29. The molecular weight excluding hydrogens is 375 g/mol. The Bertz CT molecular complexity index is 425. The number of nitriles is 1. The summed E-state index contributed by atoms with van der Waals surface area (Å²) in [5.74, 6) is 1.05. The van der Waals surface area contributed by atoms with Crippen LogP contribution in [0.3, 0.4) is 0 Å². The summed E-state index contributed by atoms with van der Waals surface area (Å²) in [5.41, 5.74) is 0. The van der Waals surface area contributed by atoms with Gasteiger partial charge in [0.25, 0.3) is 8.53 Å². The van der Waals surface area contributed by atoms with E-state index in [9.17, 15) is 5.11 Å². The Morgan fingerprint density at radius 1 is 1.32 bits per heavy atom. The number of aliphatic hydroxyl groups is 1. The Hall–Kier alpha value is 0.460. The quantitative estimate of drug-likeness (QED) is 0.346. The minimum atomic E-state index is -1.34. The zero-order valence-corrected chi connectivity index (χ0v) is 18.8. The number of hydrogen-bond donors (Lipinski definition) is 1. The molecule has 25 heavy (non-hydrogen) atoms. The lowest BCUT2D eigenvalue weighted by molar-refractivity contribution is 0.00281. The summed E-state index contributed by atoms with van der Waals surface area (Å²) in [6.07, 6.45) is 1.26. The fourth-order valence-electron chi connectivity index (χ4n) is 2.80. The lowest BCUT2D eigenvalue weighted by atomic mass is 9.98. The summed E-state index contributed by atoms with van der Waals surface area (Å²) < 4.78 is 14.5. The zero-order chi connectivity index (χ0) is 19.0. The van der Waals surface area contributed by atoms with E-state index in [0.29, 0.717) is 13.0 Å². The molecule has 1 aliphatic heterocycles. The Labute approximate surface area is 162 Å². The Morgan fingerprint density at radius 2 is 1.96 bits per heavy atom. The smallest absolute Gasteiger partial charge is 0.259 e. The first-order valence-corrected chi connectivity index (χ1v) is 12.4. The van der Waals surface area contributed by atoms with Gasteiger partial charge in [-0.3, -0.25) is 0 Å². The van der Waals surface area contributed by atoms with Crippen LogP contribution in [0.1, 0.15) is 60.8 Å². The Kier molecular flexibility index (Phi) is 10.7. The van der Waals surface area contributed by atoms with E-state index in [0.717, 1.165) is 18.6 Å². The van der Waals surface area contributed by atoms with Crippen molar-refractivity contribution >= 4 is 30.1 Å². The fraction of sp³-hybridized carbons (Fsp3) is 0.941. The van der Waals surface area contributed by atoms with Crippen molar-refractivity contribution in [3.05, 3.63) is 0 Å². The second kappa shape index (κ2) is 11.3. The summed E-state index contributed by atoms with van der Waals surface area (Å²) in [7, 11) is 2.28. The highest BCUT2D eigenvalue weighted by molar-refractivity contribution is 8.77. The van der Waals surface area contributed by atoms with Crippen LogP contribution in [0.15, 0.2) is 0 Å². The molecule has 1 fully saturated rings. The van der Waals surface area contributed by atoms with E-state index in [1.165, 1.54) is 0 Å². The van der Waals surface area contributed by atoms with Crippen LogP contribution in [0.2, 0.25) is 0 Å². The van der Waals surface area contributed by atoms with Gasteiger partial charge in [0.05, 0.1) is 25.2 Å². The summed E-state index contributed by atoms with van der Waals surface area (Å²) in [4.78, 5) is 0. The molecule has 0 bridgehead atoms. The average molecular weight is 409 g/mol. The first-order chi connectivity index (χ1) is 11.7. The molecule has 1 unspecified atom stereocenters. The van der Waals surface area contributed by atoms with Gasteiger partial charge in [0.15, 0.2) is 0 Å². The second-order valence-corrected chi connectivity index (χ2v) is 11.8. The van der Waals surface area contributed by atoms with Gasteiger partial charge >= 0.3 is 0 Å². The van der Waals surface area contributed by atoms with Crippen LogP contribution in [-0.2, 0) is 9.05 Å². The third-order valence-electron chi connectivity index (χ3n) is 3.90. The predicted molar refractivity (Wildman–Crippen MR) is 109 cm³/mol. The van der Waals surface area contributed by atoms with E-state index >= 15 is 0 Å². The normalized spacial score (nSPS) is 25.6. The van der Waals surface area contributed by atoms with Crippen molar-refractivity contribution in [1.82, 2.24) is 4.67 Å². The van der Waals surface area contributed by atoms with E-state index in [4.69, 9.17) is 14.3 Å². The molecule has 8 heteroatoms. The molecule has 0 aromatic heterocycles. The molecule has 0 aliphatic carbocycles. The fourth-order valence-corrected chi connectivity index (χ4v) is 7.54. The number of rotatable bonds is 8. The highest BCUT2D eigenvalue weighted by Gasteiger charge is 2.42. The SMILES string of the molecule is CC(C)N(C(C)C)P(OCCC#N)O[C@@H]1[C@@H](O)CCCSSC1(C)C. The first-order valence-electron chi connectivity index (χ1n) is 8.94.